The lowest BCUT2D eigenvalue weighted by Gasteiger charge is -2.22. The maximum atomic E-state index is 5.95. The van der Waals surface area contributed by atoms with Crippen LogP contribution in [0.15, 0.2) is 48.9 Å². The van der Waals surface area contributed by atoms with Crippen LogP contribution < -0.4 is 10.1 Å². The van der Waals surface area contributed by atoms with E-state index >= 15 is 0 Å². The first-order valence-corrected chi connectivity index (χ1v) is 9.19. The number of anilines is 2. The molecule has 0 saturated carbocycles. The largest absolute Gasteiger partial charge is 0.492 e. The van der Waals surface area contributed by atoms with Crippen molar-refractivity contribution in [2.75, 3.05) is 25.1 Å². The Labute approximate surface area is 158 Å². The molecule has 7 heteroatoms. The number of rotatable bonds is 6. The van der Waals surface area contributed by atoms with Crippen molar-refractivity contribution in [3.05, 3.63) is 54.6 Å². The van der Waals surface area contributed by atoms with Gasteiger partial charge in [-0.2, -0.15) is 4.98 Å². The summed E-state index contributed by atoms with van der Waals surface area (Å²) in [6, 6.07) is 11.8. The molecule has 2 aromatic heterocycles. The van der Waals surface area contributed by atoms with Crippen molar-refractivity contribution in [1.29, 1.82) is 0 Å². The molecular weight excluding hydrogens is 342 g/mol. The highest BCUT2D eigenvalue weighted by Crippen LogP contribution is 2.24. The van der Waals surface area contributed by atoms with Crippen LogP contribution in [0.25, 0.3) is 5.69 Å². The quantitative estimate of drug-likeness (QED) is 0.720. The summed E-state index contributed by atoms with van der Waals surface area (Å²) in [5, 5.41) is 7.71. The second kappa shape index (κ2) is 8.18. The van der Waals surface area contributed by atoms with E-state index in [4.69, 9.17) is 9.47 Å². The van der Waals surface area contributed by atoms with Gasteiger partial charge in [0, 0.05) is 19.3 Å². The van der Waals surface area contributed by atoms with Crippen molar-refractivity contribution in [3.8, 4) is 11.4 Å². The number of nitrogens with one attached hydrogen (secondary N) is 1. The number of nitrogens with zero attached hydrogens (tertiary/aromatic N) is 4. The first-order valence-electron chi connectivity index (χ1n) is 9.19. The van der Waals surface area contributed by atoms with Crippen LogP contribution in [0.4, 0.5) is 11.6 Å². The van der Waals surface area contributed by atoms with Gasteiger partial charge in [0.2, 0.25) is 5.95 Å². The van der Waals surface area contributed by atoms with Crippen molar-refractivity contribution in [1.82, 2.24) is 19.7 Å². The molecule has 1 aromatic carbocycles. The molecule has 140 valence electrons. The number of ether oxygens (including phenoxy) is 2. The molecule has 0 amide bonds. The number of aromatic nitrogens is 4. The Morgan fingerprint density at radius 1 is 1.19 bits per heavy atom. The minimum atomic E-state index is 0.519. The third-order valence-electron chi connectivity index (χ3n) is 4.65. The van der Waals surface area contributed by atoms with Crippen LogP contribution in [0.2, 0.25) is 0 Å². The summed E-state index contributed by atoms with van der Waals surface area (Å²) < 4.78 is 13.1. The van der Waals surface area contributed by atoms with E-state index in [0.717, 1.165) is 48.9 Å². The van der Waals surface area contributed by atoms with Crippen molar-refractivity contribution in [2.24, 2.45) is 5.92 Å². The van der Waals surface area contributed by atoms with E-state index in [1.165, 1.54) is 0 Å². The van der Waals surface area contributed by atoms with Crippen molar-refractivity contribution in [3.63, 3.8) is 0 Å². The summed E-state index contributed by atoms with van der Waals surface area (Å²) in [7, 11) is 0. The van der Waals surface area contributed by atoms with Crippen LogP contribution in [0.5, 0.6) is 5.75 Å². The van der Waals surface area contributed by atoms with Gasteiger partial charge in [-0.1, -0.05) is 18.2 Å². The monoisotopic (exact) mass is 365 g/mol. The zero-order valence-corrected chi connectivity index (χ0v) is 15.3. The SMILES string of the molecule is Cc1ncc(OCC2CCOCC2)cc1Nc1ncn(-c2ccccc2)n1. The highest BCUT2D eigenvalue weighted by molar-refractivity contribution is 5.58. The zero-order chi connectivity index (χ0) is 18.5. The summed E-state index contributed by atoms with van der Waals surface area (Å²) >= 11 is 0. The second-order valence-electron chi connectivity index (χ2n) is 6.64. The van der Waals surface area contributed by atoms with Crippen molar-refractivity contribution in [2.45, 2.75) is 19.8 Å². The summed E-state index contributed by atoms with van der Waals surface area (Å²) in [5.41, 5.74) is 2.66. The standard InChI is InChI=1S/C20H23N5O2/c1-15-19(11-18(12-21-15)27-13-16-7-9-26-10-8-16)23-20-22-14-25(24-20)17-5-3-2-4-6-17/h2-6,11-12,14,16H,7-10,13H2,1H3,(H,23,24). The van der Waals surface area contributed by atoms with Gasteiger partial charge in [-0.25, -0.2) is 4.68 Å². The van der Waals surface area contributed by atoms with E-state index in [9.17, 15) is 0 Å². The lowest BCUT2D eigenvalue weighted by molar-refractivity contribution is 0.0497. The molecule has 1 N–H and O–H groups in total. The molecule has 1 fully saturated rings. The molecule has 3 heterocycles. The molecule has 0 unspecified atom stereocenters. The molecule has 0 bridgehead atoms. The Morgan fingerprint density at radius 2 is 2.00 bits per heavy atom. The Bertz CT molecular complexity index is 875. The van der Waals surface area contributed by atoms with Crippen LogP contribution >= 0.6 is 0 Å². The third kappa shape index (κ3) is 4.43. The fraction of sp³-hybridized carbons (Fsp3) is 0.350. The predicted molar refractivity (Wildman–Crippen MR) is 103 cm³/mol. The molecular formula is C20H23N5O2. The van der Waals surface area contributed by atoms with Gasteiger partial charge < -0.3 is 14.8 Å². The molecule has 27 heavy (non-hydrogen) atoms. The number of hydrogen-bond acceptors (Lipinski definition) is 6. The first kappa shape index (κ1) is 17.5. The Morgan fingerprint density at radius 3 is 2.81 bits per heavy atom. The van der Waals surface area contributed by atoms with E-state index in [2.05, 4.69) is 20.4 Å². The van der Waals surface area contributed by atoms with Crippen LogP contribution in [0.3, 0.4) is 0 Å². The molecule has 1 aliphatic heterocycles. The fourth-order valence-corrected chi connectivity index (χ4v) is 2.99. The average Bonchev–Trinajstić information content (AvgIpc) is 3.19. The molecule has 1 aliphatic rings. The Kier molecular flexibility index (Phi) is 5.29. The molecule has 7 nitrogen and oxygen atoms in total. The lowest BCUT2D eigenvalue weighted by atomic mass is 10.0. The molecule has 0 spiro atoms. The summed E-state index contributed by atoms with van der Waals surface area (Å²) in [5.74, 6) is 1.81. The third-order valence-corrected chi connectivity index (χ3v) is 4.65. The molecule has 4 rings (SSSR count). The maximum Gasteiger partial charge on any atom is 0.247 e. The van der Waals surface area contributed by atoms with Gasteiger partial charge in [0.25, 0.3) is 0 Å². The number of para-hydroxylation sites is 1. The molecule has 0 atom stereocenters. The molecule has 3 aromatic rings. The van der Waals surface area contributed by atoms with Crippen molar-refractivity contribution < 1.29 is 9.47 Å². The lowest BCUT2D eigenvalue weighted by Crippen LogP contribution is -2.21. The van der Waals surface area contributed by atoms with Crippen LogP contribution in [0.1, 0.15) is 18.5 Å². The Hall–Kier alpha value is -2.93. The minimum absolute atomic E-state index is 0.519. The van der Waals surface area contributed by atoms with Crippen LogP contribution in [-0.4, -0.2) is 39.6 Å². The molecule has 0 radical (unpaired) electrons. The number of pyridine rings is 1. The van der Waals surface area contributed by atoms with Gasteiger partial charge in [0.1, 0.15) is 12.1 Å². The average molecular weight is 365 g/mol. The highest BCUT2D eigenvalue weighted by atomic mass is 16.5. The van der Waals surface area contributed by atoms with Gasteiger partial charge in [-0.05, 0) is 37.8 Å². The van der Waals surface area contributed by atoms with E-state index in [1.54, 1.807) is 17.2 Å². The normalized spacial score (nSPS) is 14.9. The fourth-order valence-electron chi connectivity index (χ4n) is 2.99. The smallest absolute Gasteiger partial charge is 0.247 e. The number of benzene rings is 1. The maximum absolute atomic E-state index is 5.95. The number of hydrogen-bond donors (Lipinski definition) is 1. The zero-order valence-electron chi connectivity index (χ0n) is 15.3. The number of aryl methyl sites for hydroxylation is 1. The van der Waals surface area contributed by atoms with Gasteiger partial charge in [0.15, 0.2) is 0 Å². The van der Waals surface area contributed by atoms with Gasteiger partial charge in [0.05, 0.1) is 29.9 Å². The van der Waals surface area contributed by atoms with E-state index in [1.807, 2.05) is 43.3 Å². The summed E-state index contributed by atoms with van der Waals surface area (Å²) in [6.45, 7) is 4.28. The van der Waals surface area contributed by atoms with Crippen molar-refractivity contribution >= 4 is 11.6 Å². The second-order valence-corrected chi connectivity index (χ2v) is 6.64. The van der Waals surface area contributed by atoms with Crippen LogP contribution in [0, 0.1) is 12.8 Å². The molecule has 0 aliphatic carbocycles. The topological polar surface area (TPSA) is 74.1 Å². The van der Waals surface area contributed by atoms with E-state index in [-0.39, 0.29) is 0 Å². The summed E-state index contributed by atoms with van der Waals surface area (Å²) in [4.78, 5) is 8.77. The van der Waals surface area contributed by atoms with Crippen LogP contribution in [-0.2, 0) is 4.74 Å². The summed E-state index contributed by atoms with van der Waals surface area (Å²) in [6.07, 6.45) is 5.54. The van der Waals surface area contributed by atoms with Gasteiger partial charge in [-0.15, -0.1) is 5.10 Å². The van der Waals surface area contributed by atoms with Gasteiger partial charge in [-0.3, -0.25) is 4.98 Å². The van der Waals surface area contributed by atoms with Gasteiger partial charge >= 0.3 is 0 Å². The Balaban J connectivity index is 1.43. The first-order chi connectivity index (χ1) is 13.3. The molecule has 1 saturated heterocycles. The highest BCUT2D eigenvalue weighted by Gasteiger charge is 2.15. The predicted octanol–water partition coefficient (Wildman–Crippen LogP) is 3.52. The van der Waals surface area contributed by atoms with E-state index in [0.29, 0.717) is 18.5 Å². The van der Waals surface area contributed by atoms with E-state index < -0.39 is 0 Å². The minimum Gasteiger partial charge on any atom is -0.492 e.